The van der Waals surface area contributed by atoms with E-state index in [-0.39, 0.29) is 10.8 Å². The van der Waals surface area contributed by atoms with Gasteiger partial charge in [-0.05, 0) is 36.2 Å². The summed E-state index contributed by atoms with van der Waals surface area (Å²) in [4.78, 5) is 12.2. The molecule has 0 unspecified atom stereocenters. The number of sulfonamides is 1. The number of rotatable bonds is 8. The third kappa shape index (κ3) is 5.41. The van der Waals surface area contributed by atoms with Gasteiger partial charge in [-0.3, -0.25) is 4.79 Å². The normalized spacial score (nSPS) is 15.6. The molecule has 0 atom stereocenters. The van der Waals surface area contributed by atoms with Crippen LogP contribution in [0.3, 0.4) is 0 Å². The number of nitrogens with zero attached hydrogens (tertiary/aromatic N) is 1. The topological polar surface area (TPSA) is 88.9 Å². The van der Waals surface area contributed by atoms with Crippen LogP contribution in [0.2, 0.25) is 0 Å². The monoisotopic (exact) mass is 392 g/mol. The summed E-state index contributed by atoms with van der Waals surface area (Å²) >= 11 is 0. The molecule has 27 heavy (non-hydrogen) atoms. The highest BCUT2D eigenvalue weighted by Gasteiger charge is 2.26. The van der Waals surface area contributed by atoms with E-state index in [4.69, 9.17) is 9.15 Å². The lowest BCUT2D eigenvalue weighted by Gasteiger charge is -2.26. The van der Waals surface area contributed by atoms with Crippen molar-refractivity contribution in [2.75, 3.05) is 32.8 Å². The van der Waals surface area contributed by atoms with Crippen LogP contribution in [-0.4, -0.2) is 51.5 Å². The summed E-state index contributed by atoms with van der Waals surface area (Å²) in [6.07, 6.45) is 3.19. The molecule has 0 aliphatic carbocycles. The molecule has 7 nitrogen and oxygen atoms in total. The predicted molar refractivity (Wildman–Crippen MR) is 99.8 cm³/mol. The smallest absolute Gasteiger partial charge is 0.243 e. The molecule has 1 aliphatic rings. The fourth-order valence-corrected chi connectivity index (χ4v) is 4.30. The number of aryl methyl sites for hydroxylation is 1. The van der Waals surface area contributed by atoms with E-state index in [0.29, 0.717) is 52.1 Å². The van der Waals surface area contributed by atoms with Crippen molar-refractivity contribution in [3.05, 3.63) is 54.0 Å². The summed E-state index contributed by atoms with van der Waals surface area (Å²) in [6.45, 7) is 2.13. The Balaban J connectivity index is 1.46. The molecule has 0 spiro atoms. The van der Waals surface area contributed by atoms with Gasteiger partial charge in [0.1, 0.15) is 5.76 Å². The van der Waals surface area contributed by atoms with Gasteiger partial charge in [-0.25, -0.2) is 8.42 Å². The number of carbonyl (C=O) groups is 1. The van der Waals surface area contributed by atoms with Gasteiger partial charge in [0.05, 0.1) is 24.4 Å². The summed E-state index contributed by atoms with van der Waals surface area (Å²) in [5.74, 6) is 0.805. The van der Waals surface area contributed by atoms with Crippen LogP contribution in [0.1, 0.15) is 17.7 Å². The molecule has 1 N–H and O–H groups in total. The van der Waals surface area contributed by atoms with Crippen LogP contribution in [0.4, 0.5) is 0 Å². The first-order valence-corrected chi connectivity index (χ1v) is 10.5. The van der Waals surface area contributed by atoms with Gasteiger partial charge in [0.15, 0.2) is 0 Å². The standard InChI is InChI=1S/C19H24N2O5S/c22-19(20-10-9-17-2-1-13-26-17)8-5-16-3-6-18(7-4-16)27(23,24)21-11-14-25-15-12-21/h1-4,6-7,13H,5,8-12,14-15H2,(H,20,22). The number of hydrogen-bond donors (Lipinski definition) is 1. The van der Waals surface area contributed by atoms with Gasteiger partial charge in [-0.1, -0.05) is 12.1 Å². The summed E-state index contributed by atoms with van der Waals surface area (Å²) in [5.41, 5.74) is 0.928. The van der Waals surface area contributed by atoms with E-state index < -0.39 is 10.0 Å². The van der Waals surface area contributed by atoms with Crippen LogP contribution in [0.15, 0.2) is 52.0 Å². The molecular formula is C19H24N2O5S. The molecule has 1 aromatic carbocycles. The lowest BCUT2D eigenvalue weighted by atomic mass is 10.1. The molecule has 0 saturated carbocycles. The minimum atomic E-state index is -3.48. The number of hydrogen-bond acceptors (Lipinski definition) is 5. The molecule has 1 fully saturated rings. The summed E-state index contributed by atoms with van der Waals surface area (Å²) < 4.78 is 37.0. The number of nitrogens with one attached hydrogen (secondary N) is 1. The molecular weight excluding hydrogens is 368 g/mol. The van der Waals surface area contributed by atoms with Gasteiger partial charge < -0.3 is 14.5 Å². The van der Waals surface area contributed by atoms with E-state index in [2.05, 4.69) is 5.32 Å². The Bertz CT molecular complexity index is 825. The lowest BCUT2D eigenvalue weighted by Crippen LogP contribution is -2.40. The van der Waals surface area contributed by atoms with Crippen LogP contribution in [0, 0.1) is 0 Å². The molecule has 0 radical (unpaired) electrons. The summed E-state index contributed by atoms with van der Waals surface area (Å²) in [6, 6.07) is 10.4. The van der Waals surface area contributed by atoms with Crippen LogP contribution in [-0.2, 0) is 32.4 Å². The highest BCUT2D eigenvalue weighted by Crippen LogP contribution is 2.18. The molecule has 2 heterocycles. The Hall–Kier alpha value is -2.16. The molecule has 1 aromatic heterocycles. The maximum atomic E-state index is 12.6. The lowest BCUT2D eigenvalue weighted by molar-refractivity contribution is -0.121. The fourth-order valence-electron chi connectivity index (χ4n) is 2.89. The van der Waals surface area contributed by atoms with E-state index in [1.807, 2.05) is 12.1 Å². The number of furan rings is 1. The van der Waals surface area contributed by atoms with E-state index in [1.54, 1.807) is 30.5 Å². The largest absolute Gasteiger partial charge is 0.469 e. The minimum Gasteiger partial charge on any atom is -0.469 e. The number of morpholine rings is 1. The van der Waals surface area contributed by atoms with Crippen LogP contribution >= 0.6 is 0 Å². The van der Waals surface area contributed by atoms with Crippen LogP contribution < -0.4 is 5.32 Å². The highest BCUT2D eigenvalue weighted by molar-refractivity contribution is 7.89. The van der Waals surface area contributed by atoms with Crippen molar-refractivity contribution in [1.82, 2.24) is 9.62 Å². The Morgan fingerprint density at radius 3 is 2.48 bits per heavy atom. The first-order chi connectivity index (χ1) is 13.1. The zero-order valence-corrected chi connectivity index (χ0v) is 15.9. The van der Waals surface area contributed by atoms with Crippen molar-refractivity contribution >= 4 is 15.9 Å². The van der Waals surface area contributed by atoms with Gasteiger partial charge in [-0.2, -0.15) is 4.31 Å². The van der Waals surface area contributed by atoms with Crippen LogP contribution in [0.5, 0.6) is 0 Å². The first-order valence-electron chi connectivity index (χ1n) is 9.01. The molecule has 1 saturated heterocycles. The van der Waals surface area contributed by atoms with Gasteiger partial charge in [0, 0.05) is 32.5 Å². The average Bonchev–Trinajstić information content (AvgIpc) is 3.21. The predicted octanol–water partition coefficient (Wildman–Crippen LogP) is 1.59. The third-order valence-corrected chi connectivity index (χ3v) is 6.36. The van der Waals surface area contributed by atoms with Crippen molar-refractivity contribution in [3.8, 4) is 0 Å². The van der Waals surface area contributed by atoms with E-state index >= 15 is 0 Å². The zero-order valence-electron chi connectivity index (χ0n) is 15.1. The van der Waals surface area contributed by atoms with Crippen LogP contribution in [0.25, 0.3) is 0 Å². The Morgan fingerprint density at radius 1 is 1.07 bits per heavy atom. The summed E-state index contributed by atoms with van der Waals surface area (Å²) in [5, 5.41) is 2.86. The Labute approximate surface area is 159 Å². The van der Waals surface area contributed by atoms with Gasteiger partial charge in [-0.15, -0.1) is 0 Å². The highest BCUT2D eigenvalue weighted by atomic mass is 32.2. The van der Waals surface area contributed by atoms with E-state index in [0.717, 1.165) is 11.3 Å². The van der Waals surface area contributed by atoms with Gasteiger partial charge >= 0.3 is 0 Å². The molecule has 1 amide bonds. The number of carbonyl (C=O) groups excluding carboxylic acids is 1. The third-order valence-electron chi connectivity index (χ3n) is 4.45. The van der Waals surface area contributed by atoms with Crippen molar-refractivity contribution in [2.24, 2.45) is 0 Å². The molecule has 3 rings (SSSR count). The van der Waals surface area contributed by atoms with E-state index in [1.165, 1.54) is 4.31 Å². The minimum absolute atomic E-state index is 0.0356. The molecule has 8 heteroatoms. The van der Waals surface area contributed by atoms with Gasteiger partial charge in [0.25, 0.3) is 0 Å². The second kappa shape index (κ2) is 9.16. The number of ether oxygens (including phenoxy) is 1. The first kappa shape index (κ1) is 19.6. The maximum absolute atomic E-state index is 12.6. The quantitative estimate of drug-likeness (QED) is 0.737. The molecule has 0 bridgehead atoms. The second-order valence-corrected chi connectivity index (χ2v) is 8.28. The van der Waals surface area contributed by atoms with Crippen molar-refractivity contribution in [3.63, 3.8) is 0 Å². The van der Waals surface area contributed by atoms with Crippen molar-refractivity contribution in [1.29, 1.82) is 0 Å². The Morgan fingerprint density at radius 2 is 1.81 bits per heavy atom. The number of amides is 1. The molecule has 1 aliphatic heterocycles. The maximum Gasteiger partial charge on any atom is 0.243 e. The van der Waals surface area contributed by atoms with Crippen molar-refractivity contribution in [2.45, 2.75) is 24.2 Å². The van der Waals surface area contributed by atoms with Gasteiger partial charge in [0.2, 0.25) is 15.9 Å². The summed E-state index contributed by atoms with van der Waals surface area (Å²) in [7, 11) is -3.48. The zero-order chi connectivity index (χ0) is 19.1. The van der Waals surface area contributed by atoms with Crippen molar-refractivity contribution < 1.29 is 22.4 Å². The molecule has 146 valence electrons. The molecule has 2 aromatic rings. The fraction of sp³-hybridized carbons (Fsp3) is 0.421. The van der Waals surface area contributed by atoms with E-state index in [9.17, 15) is 13.2 Å². The SMILES string of the molecule is O=C(CCc1ccc(S(=O)(=O)N2CCOCC2)cc1)NCCc1ccco1. The Kier molecular flexibility index (Phi) is 6.65. The number of benzene rings is 1. The second-order valence-electron chi connectivity index (χ2n) is 6.34. The average molecular weight is 392 g/mol.